The molecule has 0 radical (unpaired) electrons. The molecule has 0 bridgehead atoms. The molecule has 2 heterocycles. The minimum Gasteiger partial charge on any atom is -0.430 e. The molecule has 152 valence electrons. The number of halogens is 1. The Morgan fingerprint density at radius 1 is 0.839 bits per heavy atom. The molecule has 1 N–H and O–H groups in total. The monoisotopic (exact) mass is 410 g/mol. The highest BCUT2D eigenvalue weighted by Crippen LogP contribution is 2.30. The summed E-state index contributed by atoms with van der Waals surface area (Å²) in [7, 11) is 0. The van der Waals surface area contributed by atoms with Crippen molar-refractivity contribution in [2.45, 2.75) is 13.5 Å². The lowest BCUT2D eigenvalue weighted by molar-refractivity contribution is 0.618. The normalized spacial score (nSPS) is 11.0. The van der Waals surface area contributed by atoms with Crippen LogP contribution in [0.4, 0.5) is 10.2 Å². The number of rotatable bonds is 5. The Hall–Kier alpha value is -4.06. The summed E-state index contributed by atoms with van der Waals surface area (Å²) in [5.74, 6) is 1.26. The molecule has 0 fully saturated rings. The van der Waals surface area contributed by atoms with Crippen molar-refractivity contribution in [1.82, 2.24) is 15.0 Å². The van der Waals surface area contributed by atoms with Crippen molar-refractivity contribution in [2.75, 3.05) is 5.32 Å². The second kappa shape index (κ2) is 7.99. The van der Waals surface area contributed by atoms with Gasteiger partial charge in [0.1, 0.15) is 5.82 Å². The fraction of sp³-hybridized carbons (Fsp3) is 0.0800. The Kier molecular flexibility index (Phi) is 4.88. The number of fused-ring (bicyclic) bond motifs is 1. The molecule has 0 aliphatic rings. The molecule has 31 heavy (non-hydrogen) atoms. The minimum atomic E-state index is -0.272. The highest BCUT2D eigenvalue weighted by Gasteiger charge is 2.17. The third-order valence-electron chi connectivity index (χ3n) is 5.06. The van der Waals surface area contributed by atoms with Gasteiger partial charge in [-0.1, -0.05) is 54.6 Å². The zero-order valence-corrected chi connectivity index (χ0v) is 16.8. The first-order valence-electron chi connectivity index (χ1n) is 9.96. The van der Waals surface area contributed by atoms with Crippen LogP contribution in [0.1, 0.15) is 11.1 Å². The van der Waals surface area contributed by atoms with Crippen molar-refractivity contribution < 1.29 is 8.81 Å². The van der Waals surface area contributed by atoms with Crippen LogP contribution in [0.15, 0.2) is 83.3 Å². The van der Waals surface area contributed by atoms with Crippen LogP contribution in [0, 0.1) is 12.7 Å². The van der Waals surface area contributed by atoms with Crippen LogP contribution in [-0.2, 0) is 6.54 Å². The number of aromatic nitrogens is 3. The quantitative estimate of drug-likeness (QED) is 0.384. The summed E-state index contributed by atoms with van der Waals surface area (Å²) in [6, 6.07) is 24.1. The van der Waals surface area contributed by atoms with Gasteiger partial charge in [0, 0.05) is 17.7 Å². The summed E-state index contributed by atoms with van der Waals surface area (Å²) < 4.78 is 19.8. The molecule has 0 saturated carbocycles. The van der Waals surface area contributed by atoms with Gasteiger partial charge in [0.15, 0.2) is 11.6 Å². The van der Waals surface area contributed by atoms with Crippen molar-refractivity contribution in [1.29, 1.82) is 0 Å². The van der Waals surface area contributed by atoms with Gasteiger partial charge >= 0.3 is 0 Å². The van der Waals surface area contributed by atoms with Crippen LogP contribution in [0.5, 0.6) is 0 Å². The van der Waals surface area contributed by atoms with Gasteiger partial charge in [0.05, 0.1) is 0 Å². The SMILES string of the molecule is Cc1ccc(F)cc1CNc1nc(-c2ccccc2)nc2nc(-c3ccccc3)oc12. The van der Waals surface area contributed by atoms with Gasteiger partial charge in [-0.3, -0.25) is 0 Å². The first-order chi connectivity index (χ1) is 15.2. The van der Waals surface area contributed by atoms with E-state index in [1.807, 2.05) is 67.6 Å². The van der Waals surface area contributed by atoms with Crippen molar-refractivity contribution in [3.63, 3.8) is 0 Å². The summed E-state index contributed by atoms with van der Waals surface area (Å²) in [5.41, 5.74) is 4.49. The van der Waals surface area contributed by atoms with Crippen molar-refractivity contribution in [3.8, 4) is 22.8 Å². The molecule has 6 heteroatoms. The third-order valence-corrected chi connectivity index (χ3v) is 5.06. The van der Waals surface area contributed by atoms with Gasteiger partial charge in [0.2, 0.25) is 17.1 Å². The maximum absolute atomic E-state index is 13.7. The van der Waals surface area contributed by atoms with E-state index in [2.05, 4.69) is 15.3 Å². The number of oxazole rings is 1. The molecule has 2 aromatic heterocycles. The molecule has 0 unspecified atom stereocenters. The number of hydrogen-bond donors (Lipinski definition) is 1. The lowest BCUT2D eigenvalue weighted by atomic mass is 10.1. The molecule has 0 saturated heterocycles. The molecule has 0 amide bonds. The van der Waals surface area contributed by atoms with Crippen LogP contribution in [0.25, 0.3) is 34.1 Å². The fourth-order valence-electron chi connectivity index (χ4n) is 3.37. The summed E-state index contributed by atoms with van der Waals surface area (Å²) in [4.78, 5) is 13.9. The van der Waals surface area contributed by atoms with Crippen molar-refractivity contribution >= 4 is 17.0 Å². The number of anilines is 1. The van der Waals surface area contributed by atoms with E-state index in [-0.39, 0.29) is 5.82 Å². The van der Waals surface area contributed by atoms with Crippen molar-refractivity contribution in [3.05, 3.63) is 95.8 Å². The first-order valence-corrected chi connectivity index (χ1v) is 9.96. The van der Waals surface area contributed by atoms with E-state index in [0.29, 0.717) is 35.3 Å². The van der Waals surface area contributed by atoms with E-state index in [1.54, 1.807) is 6.07 Å². The maximum atomic E-state index is 13.7. The largest absolute Gasteiger partial charge is 0.430 e. The van der Waals surface area contributed by atoms with Crippen LogP contribution < -0.4 is 5.32 Å². The molecule has 0 atom stereocenters. The molecular formula is C25H19FN4O. The lowest BCUT2D eigenvalue weighted by Gasteiger charge is -2.10. The number of nitrogens with one attached hydrogen (secondary N) is 1. The summed E-state index contributed by atoms with van der Waals surface area (Å²) in [6.45, 7) is 2.34. The zero-order valence-electron chi connectivity index (χ0n) is 16.8. The molecule has 5 aromatic rings. The number of aryl methyl sites for hydroxylation is 1. The van der Waals surface area contributed by atoms with E-state index in [9.17, 15) is 4.39 Å². The Morgan fingerprint density at radius 3 is 2.29 bits per heavy atom. The van der Waals surface area contributed by atoms with Crippen LogP contribution >= 0.6 is 0 Å². The van der Waals surface area contributed by atoms with Crippen LogP contribution in [0.3, 0.4) is 0 Å². The topological polar surface area (TPSA) is 63.8 Å². The smallest absolute Gasteiger partial charge is 0.229 e. The van der Waals surface area contributed by atoms with Crippen LogP contribution in [-0.4, -0.2) is 15.0 Å². The van der Waals surface area contributed by atoms with E-state index in [0.717, 1.165) is 22.3 Å². The number of hydrogen-bond acceptors (Lipinski definition) is 5. The standard InChI is InChI=1S/C25H19FN4O/c1-16-12-13-20(26)14-19(16)15-27-23-21-24(29-22(28-23)17-8-4-2-5-9-17)30-25(31-21)18-10-6-3-7-11-18/h2-14H,15H2,1H3,(H,27,28,29). The predicted molar refractivity (Wildman–Crippen MR) is 119 cm³/mol. The maximum Gasteiger partial charge on any atom is 0.229 e. The van der Waals surface area contributed by atoms with Crippen LogP contribution in [0.2, 0.25) is 0 Å². The van der Waals surface area contributed by atoms with Gasteiger partial charge in [-0.2, -0.15) is 4.98 Å². The molecule has 0 aliphatic heterocycles. The third kappa shape index (κ3) is 3.88. The Labute approximate surface area is 178 Å². The molecule has 5 rings (SSSR count). The molecule has 0 spiro atoms. The fourth-order valence-corrected chi connectivity index (χ4v) is 3.37. The average molecular weight is 410 g/mol. The molecule has 5 nitrogen and oxygen atoms in total. The van der Waals surface area contributed by atoms with Gasteiger partial charge in [-0.25, -0.2) is 14.4 Å². The highest BCUT2D eigenvalue weighted by molar-refractivity contribution is 5.84. The highest BCUT2D eigenvalue weighted by atomic mass is 19.1. The Morgan fingerprint density at radius 2 is 1.55 bits per heavy atom. The Balaban J connectivity index is 1.60. The zero-order chi connectivity index (χ0) is 21.2. The molecular weight excluding hydrogens is 391 g/mol. The number of nitrogens with zero attached hydrogens (tertiary/aromatic N) is 3. The van der Waals surface area contributed by atoms with Gasteiger partial charge in [0.25, 0.3) is 0 Å². The summed E-state index contributed by atoms with van der Waals surface area (Å²) in [5, 5.41) is 3.30. The van der Waals surface area contributed by atoms with E-state index >= 15 is 0 Å². The van der Waals surface area contributed by atoms with Crippen molar-refractivity contribution in [2.24, 2.45) is 0 Å². The first kappa shape index (κ1) is 18.9. The Bertz CT molecular complexity index is 1350. The van der Waals surface area contributed by atoms with E-state index in [1.165, 1.54) is 12.1 Å². The predicted octanol–water partition coefficient (Wildman–Crippen LogP) is 6.01. The average Bonchev–Trinajstić information content (AvgIpc) is 3.25. The second-order valence-corrected chi connectivity index (χ2v) is 7.22. The second-order valence-electron chi connectivity index (χ2n) is 7.22. The molecule has 0 aliphatic carbocycles. The molecule has 3 aromatic carbocycles. The van der Waals surface area contributed by atoms with E-state index in [4.69, 9.17) is 9.40 Å². The van der Waals surface area contributed by atoms with Gasteiger partial charge in [-0.15, -0.1) is 0 Å². The summed E-state index contributed by atoms with van der Waals surface area (Å²) >= 11 is 0. The minimum absolute atomic E-state index is 0.272. The summed E-state index contributed by atoms with van der Waals surface area (Å²) in [6.07, 6.45) is 0. The lowest BCUT2D eigenvalue weighted by Crippen LogP contribution is -2.05. The number of benzene rings is 3. The van der Waals surface area contributed by atoms with Gasteiger partial charge < -0.3 is 9.73 Å². The van der Waals surface area contributed by atoms with E-state index < -0.39 is 0 Å². The van der Waals surface area contributed by atoms with Gasteiger partial charge in [-0.05, 0) is 42.3 Å².